The summed E-state index contributed by atoms with van der Waals surface area (Å²) in [5, 5.41) is 3.38. The minimum Gasteiger partial charge on any atom is -0.465 e. The van der Waals surface area contributed by atoms with Gasteiger partial charge in [0.1, 0.15) is 5.65 Å². The molecular weight excluding hydrogens is 254 g/mol. The number of pyridine rings is 1. The first-order valence-electron chi connectivity index (χ1n) is 7.03. The summed E-state index contributed by atoms with van der Waals surface area (Å²) in [4.78, 5) is 16.1. The Morgan fingerprint density at radius 1 is 1.40 bits per heavy atom. The van der Waals surface area contributed by atoms with Crippen molar-refractivity contribution in [2.24, 2.45) is 5.92 Å². The van der Waals surface area contributed by atoms with Crippen LogP contribution in [0.25, 0.3) is 5.65 Å². The molecule has 3 rings (SSSR count). The van der Waals surface area contributed by atoms with Crippen LogP contribution in [0.3, 0.4) is 0 Å². The number of piperidine rings is 1. The van der Waals surface area contributed by atoms with E-state index in [-0.39, 0.29) is 5.97 Å². The third kappa shape index (κ3) is 2.67. The summed E-state index contributed by atoms with van der Waals surface area (Å²) in [5.74, 6) is 0.391. The molecule has 20 heavy (non-hydrogen) atoms. The molecular formula is C15H19N3O2. The van der Waals surface area contributed by atoms with Crippen molar-refractivity contribution in [3.63, 3.8) is 0 Å². The van der Waals surface area contributed by atoms with E-state index in [0.29, 0.717) is 11.5 Å². The molecule has 0 saturated carbocycles. The van der Waals surface area contributed by atoms with Gasteiger partial charge in [-0.15, -0.1) is 0 Å². The summed E-state index contributed by atoms with van der Waals surface area (Å²) < 4.78 is 6.64. The Kier molecular flexibility index (Phi) is 3.69. The number of carbonyl (C=O) groups is 1. The highest BCUT2D eigenvalue weighted by Crippen LogP contribution is 2.18. The number of nitrogens with one attached hydrogen (secondary N) is 1. The normalized spacial score (nSPS) is 16.4. The number of aromatic nitrogens is 2. The van der Waals surface area contributed by atoms with Crippen molar-refractivity contribution in [2.45, 2.75) is 19.3 Å². The van der Waals surface area contributed by atoms with Gasteiger partial charge < -0.3 is 14.5 Å². The molecule has 0 aliphatic carbocycles. The fourth-order valence-corrected chi connectivity index (χ4v) is 2.76. The van der Waals surface area contributed by atoms with Gasteiger partial charge >= 0.3 is 5.97 Å². The monoisotopic (exact) mass is 273 g/mol. The van der Waals surface area contributed by atoms with E-state index in [0.717, 1.165) is 30.9 Å². The van der Waals surface area contributed by atoms with Crippen LogP contribution in [0.15, 0.2) is 24.5 Å². The molecule has 1 aliphatic rings. The third-order valence-electron chi connectivity index (χ3n) is 3.88. The van der Waals surface area contributed by atoms with E-state index >= 15 is 0 Å². The van der Waals surface area contributed by atoms with Crippen LogP contribution in [0.5, 0.6) is 0 Å². The van der Waals surface area contributed by atoms with Gasteiger partial charge in [0, 0.05) is 12.4 Å². The Morgan fingerprint density at radius 3 is 2.95 bits per heavy atom. The molecule has 2 aromatic heterocycles. The zero-order valence-corrected chi connectivity index (χ0v) is 11.6. The smallest absolute Gasteiger partial charge is 0.339 e. The summed E-state index contributed by atoms with van der Waals surface area (Å²) >= 11 is 0. The van der Waals surface area contributed by atoms with Crippen molar-refractivity contribution >= 4 is 11.6 Å². The van der Waals surface area contributed by atoms with Crippen LogP contribution in [-0.2, 0) is 11.2 Å². The minimum absolute atomic E-state index is 0.319. The second-order valence-corrected chi connectivity index (χ2v) is 5.30. The second-order valence-electron chi connectivity index (χ2n) is 5.30. The maximum Gasteiger partial charge on any atom is 0.339 e. The molecule has 106 valence electrons. The Balaban J connectivity index is 1.81. The molecule has 1 aliphatic heterocycles. The second kappa shape index (κ2) is 5.63. The number of imidazole rings is 1. The van der Waals surface area contributed by atoms with Crippen molar-refractivity contribution in [1.29, 1.82) is 0 Å². The van der Waals surface area contributed by atoms with Crippen molar-refractivity contribution in [3.05, 3.63) is 35.8 Å². The minimum atomic E-state index is -0.319. The first-order valence-corrected chi connectivity index (χ1v) is 7.03. The average molecular weight is 273 g/mol. The lowest BCUT2D eigenvalue weighted by atomic mass is 9.93. The number of nitrogens with zero attached hydrogens (tertiary/aromatic N) is 2. The van der Waals surface area contributed by atoms with Gasteiger partial charge in [-0.25, -0.2) is 9.78 Å². The van der Waals surface area contributed by atoms with Crippen LogP contribution in [0.2, 0.25) is 0 Å². The fraction of sp³-hybridized carbons (Fsp3) is 0.467. The Morgan fingerprint density at radius 2 is 2.20 bits per heavy atom. The quantitative estimate of drug-likeness (QED) is 0.864. The highest BCUT2D eigenvalue weighted by Gasteiger charge is 2.15. The SMILES string of the molecule is COC(=O)c1ccc2nc(CC3CCNCC3)cn2c1. The predicted molar refractivity (Wildman–Crippen MR) is 75.8 cm³/mol. The van der Waals surface area contributed by atoms with Crippen molar-refractivity contribution < 1.29 is 9.53 Å². The van der Waals surface area contributed by atoms with Gasteiger partial charge in [-0.2, -0.15) is 0 Å². The number of fused-ring (bicyclic) bond motifs is 1. The average Bonchev–Trinajstić information content (AvgIpc) is 2.88. The van der Waals surface area contributed by atoms with Crippen LogP contribution in [0, 0.1) is 5.92 Å². The number of methoxy groups -OCH3 is 1. The molecule has 3 heterocycles. The number of ether oxygens (including phenoxy) is 1. The fourth-order valence-electron chi connectivity index (χ4n) is 2.76. The molecule has 0 unspecified atom stereocenters. The summed E-state index contributed by atoms with van der Waals surface area (Å²) in [6.45, 7) is 2.20. The van der Waals surface area contributed by atoms with E-state index in [1.807, 2.05) is 16.7 Å². The summed E-state index contributed by atoms with van der Waals surface area (Å²) in [6.07, 6.45) is 7.23. The van der Waals surface area contributed by atoms with Crippen molar-refractivity contribution in [2.75, 3.05) is 20.2 Å². The lowest BCUT2D eigenvalue weighted by molar-refractivity contribution is 0.0600. The number of hydrogen-bond donors (Lipinski definition) is 1. The highest BCUT2D eigenvalue weighted by atomic mass is 16.5. The zero-order valence-electron chi connectivity index (χ0n) is 11.6. The van der Waals surface area contributed by atoms with Gasteiger partial charge in [0.25, 0.3) is 0 Å². The maximum absolute atomic E-state index is 11.5. The van der Waals surface area contributed by atoms with E-state index in [2.05, 4.69) is 10.3 Å². The first-order chi connectivity index (χ1) is 9.76. The Bertz CT molecular complexity index is 615. The van der Waals surface area contributed by atoms with E-state index in [1.165, 1.54) is 20.0 Å². The van der Waals surface area contributed by atoms with Crippen LogP contribution in [0.4, 0.5) is 0 Å². The summed E-state index contributed by atoms with van der Waals surface area (Å²) in [5.41, 5.74) is 2.52. The van der Waals surface area contributed by atoms with Crippen LogP contribution in [0.1, 0.15) is 28.9 Å². The zero-order chi connectivity index (χ0) is 13.9. The molecule has 0 spiro atoms. The standard InChI is InChI=1S/C15H19N3O2/c1-20-15(19)12-2-3-14-17-13(10-18(14)9-12)8-11-4-6-16-7-5-11/h2-3,9-11,16H,4-8H2,1H3. The van der Waals surface area contributed by atoms with Crippen LogP contribution in [-0.4, -0.2) is 35.6 Å². The van der Waals surface area contributed by atoms with Gasteiger partial charge in [-0.05, 0) is 50.4 Å². The molecule has 0 atom stereocenters. The molecule has 0 aromatic carbocycles. The van der Waals surface area contributed by atoms with Crippen molar-refractivity contribution in [1.82, 2.24) is 14.7 Å². The number of esters is 1. The maximum atomic E-state index is 11.5. The highest BCUT2D eigenvalue weighted by molar-refractivity contribution is 5.89. The third-order valence-corrected chi connectivity index (χ3v) is 3.88. The topological polar surface area (TPSA) is 55.6 Å². The Hall–Kier alpha value is -1.88. The number of carbonyl (C=O) groups excluding carboxylic acids is 1. The predicted octanol–water partition coefficient (Wildman–Crippen LogP) is 1.66. The van der Waals surface area contributed by atoms with Crippen molar-refractivity contribution in [3.8, 4) is 0 Å². The molecule has 1 N–H and O–H groups in total. The van der Waals surface area contributed by atoms with Gasteiger partial charge in [0.05, 0.1) is 18.4 Å². The molecule has 1 saturated heterocycles. The largest absolute Gasteiger partial charge is 0.465 e. The molecule has 1 fully saturated rings. The first kappa shape index (κ1) is 13.1. The molecule has 5 nitrogen and oxygen atoms in total. The van der Waals surface area contributed by atoms with Gasteiger partial charge in [0.2, 0.25) is 0 Å². The van der Waals surface area contributed by atoms with Crippen LogP contribution >= 0.6 is 0 Å². The lowest BCUT2D eigenvalue weighted by Crippen LogP contribution is -2.28. The molecule has 2 aromatic rings. The Labute approximate surface area is 118 Å². The van der Waals surface area contributed by atoms with Crippen LogP contribution < -0.4 is 5.32 Å². The molecule has 5 heteroatoms. The van der Waals surface area contributed by atoms with E-state index in [9.17, 15) is 4.79 Å². The summed E-state index contributed by atoms with van der Waals surface area (Å²) in [6, 6.07) is 3.61. The van der Waals surface area contributed by atoms with Gasteiger partial charge in [-0.1, -0.05) is 0 Å². The summed E-state index contributed by atoms with van der Waals surface area (Å²) in [7, 11) is 1.39. The van der Waals surface area contributed by atoms with Gasteiger partial charge in [-0.3, -0.25) is 0 Å². The van der Waals surface area contributed by atoms with E-state index < -0.39 is 0 Å². The molecule has 0 bridgehead atoms. The molecule has 0 radical (unpaired) electrons. The van der Waals surface area contributed by atoms with E-state index in [1.54, 1.807) is 12.3 Å². The number of rotatable bonds is 3. The number of hydrogen-bond acceptors (Lipinski definition) is 4. The molecule has 0 amide bonds. The lowest BCUT2D eigenvalue weighted by Gasteiger charge is -2.21. The van der Waals surface area contributed by atoms with Gasteiger partial charge in [0.15, 0.2) is 0 Å². The van der Waals surface area contributed by atoms with E-state index in [4.69, 9.17) is 4.74 Å².